The molecule has 0 saturated carbocycles. The number of amides is 2. The Morgan fingerprint density at radius 3 is 1.60 bits per heavy atom. The molecule has 0 bridgehead atoms. The molecular weight excluding hydrogens is 864 g/mol. The average Bonchev–Trinajstić information content (AvgIpc) is 3.90. The number of aromatic nitrogens is 5. The van der Waals surface area contributed by atoms with Gasteiger partial charge in [-0.05, 0) is 84.2 Å². The number of carbonyl (C=O) groups is 2. The van der Waals surface area contributed by atoms with E-state index in [-0.39, 0.29) is 11.8 Å². The fraction of sp³-hybridized carbons (Fsp3) is 0.0208. The van der Waals surface area contributed by atoms with Gasteiger partial charge in [0.05, 0.1) is 77.8 Å². The largest absolute Gasteiger partial charge is 0.496 e. The van der Waals surface area contributed by atoms with Crippen molar-refractivity contribution in [1.29, 1.82) is 0 Å². The summed E-state index contributed by atoms with van der Waals surface area (Å²) in [6, 6.07) is 42.3. The van der Waals surface area contributed by atoms with Gasteiger partial charge in [0, 0.05) is 33.7 Å². The normalized spacial score (nSPS) is 11.1. The van der Waals surface area contributed by atoms with E-state index in [1.807, 2.05) is 66.7 Å². The zero-order valence-electron chi connectivity index (χ0n) is 32.4. The number of methoxy groups -OCH3 is 1. The highest BCUT2D eigenvalue weighted by Crippen LogP contribution is 2.36. The molecule has 0 aliphatic heterocycles. The van der Waals surface area contributed by atoms with Gasteiger partial charge in [-0.1, -0.05) is 101 Å². The number of para-hydroxylation sites is 1. The number of hydrogen-bond donors (Lipinski definition) is 4. The number of hydrogen-bond acceptors (Lipinski definition) is 6. The second kappa shape index (κ2) is 17.2. The first-order valence-electron chi connectivity index (χ1n) is 19.0. The maximum Gasteiger partial charge on any atom is 0.255 e. The van der Waals surface area contributed by atoms with Crippen molar-refractivity contribution in [3.63, 3.8) is 0 Å². The SMILES string of the molecule is COc1cc(NC(=O)c2ccc3nc(-c4c(Cl)cccc4Cl)[nH]c3c2)cc2ccccc12.O=C(Nc1cnc2ccccc2c1)c1ccc2nc(-c3c(Cl)cccc3Cl)[nH]c2c1. The number of rotatable bonds is 7. The first kappa shape index (κ1) is 40.5. The van der Waals surface area contributed by atoms with Crippen molar-refractivity contribution in [3.8, 4) is 28.5 Å². The summed E-state index contributed by atoms with van der Waals surface area (Å²) in [5.41, 5.74) is 7.24. The quantitative estimate of drug-likeness (QED) is 0.126. The second-order valence-electron chi connectivity index (χ2n) is 14.1. The molecule has 0 atom stereocenters. The number of nitrogens with one attached hydrogen (secondary N) is 4. The van der Waals surface area contributed by atoms with Crippen molar-refractivity contribution in [2.45, 2.75) is 0 Å². The number of ether oxygens (including phenoxy) is 1. The van der Waals surface area contributed by atoms with Gasteiger partial charge in [-0.25, -0.2) is 9.97 Å². The molecule has 0 aliphatic carbocycles. The van der Waals surface area contributed by atoms with Crippen LogP contribution in [0.25, 0.3) is 66.5 Å². The molecule has 10 rings (SSSR count). The van der Waals surface area contributed by atoms with Crippen LogP contribution >= 0.6 is 46.4 Å². The molecule has 10 nitrogen and oxygen atoms in total. The van der Waals surface area contributed by atoms with E-state index in [1.165, 1.54) is 0 Å². The zero-order valence-corrected chi connectivity index (χ0v) is 35.5. The molecule has 0 unspecified atom stereocenters. The highest BCUT2D eigenvalue weighted by atomic mass is 35.5. The smallest absolute Gasteiger partial charge is 0.255 e. The Balaban J connectivity index is 0.000000158. The van der Waals surface area contributed by atoms with E-state index >= 15 is 0 Å². The van der Waals surface area contributed by atoms with Gasteiger partial charge in [0.1, 0.15) is 17.4 Å². The highest BCUT2D eigenvalue weighted by molar-refractivity contribution is 6.39. The maximum atomic E-state index is 13.0. The van der Waals surface area contributed by atoms with Gasteiger partial charge in [0.25, 0.3) is 11.8 Å². The molecule has 14 heteroatoms. The minimum atomic E-state index is -0.240. The Hall–Kier alpha value is -6.95. The lowest BCUT2D eigenvalue weighted by Crippen LogP contribution is -2.11. The summed E-state index contributed by atoms with van der Waals surface area (Å²) < 4.78 is 5.49. The van der Waals surface area contributed by atoms with E-state index in [4.69, 9.17) is 51.1 Å². The number of pyridine rings is 1. The van der Waals surface area contributed by atoms with Crippen molar-refractivity contribution in [2.75, 3.05) is 17.7 Å². The number of halogens is 4. The Bertz CT molecular complexity index is 3330. The number of carbonyl (C=O) groups excluding carboxylic acids is 2. The van der Waals surface area contributed by atoms with Gasteiger partial charge in [0.2, 0.25) is 0 Å². The van der Waals surface area contributed by atoms with E-state index < -0.39 is 0 Å². The number of nitrogens with zero attached hydrogens (tertiary/aromatic N) is 3. The van der Waals surface area contributed by atoms with E-state index in [0.717, 1.165) is 21.7 Å². The standard InChI is InChI=1S/C25H17Cl2N3O2.C23H14Cl2N4O/c1-32-22-13-16(11-14-5-2-3-6-17(14)22)28-25(31)15-9-10-20-21(12-15)30-24(29-20)23-18(26)7-4-8-19(23)27;24-16-5-3-6-17(25)21(16)22-28-19-9-8-14(11-20(19)29-22)23(30)27-15-10-13-4-1-2-7-18(13)26-12-15/h2-13H,1H3,(H,28,31)(H,29,30);1-12H,(H,27,30)(H,28,29). The van der Waals surface area contributed by atoms with Crippen LogP contribution in [-0.4, -0.2) is 43.8 Å². The van der Waals surface area contributed by atoms with Crippen LogP contribution in [-0.2, 0) is 0 Å². The van der Waals surface area contributed by atoms with Crippen molar-refractivity contribution >= 4 is 113 Å². The first-order chi connectivity index (χ1) is 30.1. The summed E-state index contributed by atoms with van der Waals surface area (Å²) in [6.07, 6.45) is 1.65. The summed E-state index contributed by atoms with van der Waals surface area (Å²) in [7, 11) is 1.61. The van der Waals surface area contributed by atoms with Gasteiger partial charge in [-0.3, -0.25) is 14.6 Å². The van der Waals surface area contributed by atoms with Crippen molar-refractivity contribution < 1.29 is 14.3 Å². The van der Waals surface area contributed by atoms with E-state index in [1.54, 1.807) is 86.1 Å². The van der Waals surface area contributed by atoms with E-state index in [9.17, 15) is 9.59 Å². The molecular formula is C48H31Cl4N7O3. The van der Waals surface area contributed by atoms with Crippen LogP contribution in [0.4, 0.5) is 11.4 Å². The molecule has 0 radical (unpaired) electrons. The van der Waals surface area contributed by atoms with Crippen LogP contribution in [0.3, 0.4) is 0 Å². The summed E-state index contributed by atoms with van der Waals surface area (Å²) in [4.78, 5) is 45.6. The lowest BCUT2D eigenvalue weighted by molar-refractivity contribution is 0.101. The third kappa shape index (κ3) is 8.24. The second-order valence-corrected chi connectivity index (χ2v) is 15.7. The van der Waals surface area contributed by atoms with Gasteiger partial charge >= 0.3 is 0 Å². The first-order valence-corrected chi connectivity index (χ1v) is 20.6. The Kier molecular flexibility index (Phi) is 11.2. The molecule has 3 heterocycles. The molecule has 0 spiro atoms. The molecule has 304 valence electrons. The van der Waals surface area contributed by atoms with Crippen LogP contribution < -0.4 is 15.4 Å². The maximum absolute atomic E-state index is 13.0. The topological polar surface area (TPSA) is 138 Å². The predicted molar refractivity (Wildman–Crippen MR) is 251 cm³/mol. The Morgan fingerprint density at radius 1 is 0.532 bits per heavy atom. The van der Waals surface area contributed by atoms with Crippen molar-refractivity contribution in [3.05, 3.63) is 177 Å². The molecule has 0 fully saturated rings. The highest BCUT2D eigenvalue weighted by Gasteiger charge is 2.17. The molecule has 7 aromatic carbocycles. The minimum absolute atomic E-state index is 0.235. The van der Waals surface area contributed by atoms with Crippen molar-refractivity contribution in [1.82, 2.24) is 24.9 Å². The third-order valence-electron chi connectivity index (χ3n) is 10.0. The van der Waals surface area contributed by atoms with Crippen LogP contribution in [0.2, 0.25) is 20.1 Å². The molecule has 10 aromatic rings. The van der Waals surface area contributed by atoms with Crippen LogP contribution in [0.1, 0.15) is 20.7 Å². The third-order valence-corrected chi connectivity index (χ3v) is 11.3. The van der Waals surface area contributed by atoms with Crippen LogP contribution in [0, 0.1) is 0 Å². The number of fused-ring (bicyclic) bond motifs is 4. The fourth-order valence-electron chi connectivity index (χ4n) is 7.05. The molecule has 3 aromatic heterocycles. The van der Waals surface area contributed by atoms with Crippen LogP contribution in [0.15, 0.2) is 146 Å². The Labute approximate surface area is 373 Å². The van der Waals surface area contributed by atoms with E-state index in [2.05, 4.69) is 35.6 Å². The van der Waals surface area contributed by atoms with Gasteiger partial charge in [0.15, 0.2) is 0 Å². The van der Waals surface area contributed by atoms with Gasteiger partial charge < -0.3 is 25.3 Å². The molecule has 4 N–H and O–H groups in total. The Morgan fingerprint density at radius 2 is 1.03 bits per heavy atom. The fourth-order valence-corrected chi connectivity index (χ4v) is 8.20. The monoisotopic (exact) mass is 893 g/mol. The number of H-pyrrole nitrogens is 2. The van der Waals surface area contributed by atoms with E-state index in [0.29, 0.717) is 93.2 Å². The van der Waals surface area contributed by atoms with Gasteiger partial charge in [-0.2, -0.15) is 0 Å². The lowest BCUT2D eigenvalue weighted by atomic mass is 10.1. The number of benzene rings is 7. The number of imidazole rings is 2. The molecule has 0 saturated heterocycles. The zero-order chi connectivity index (χ0) is 42.9. The average molecular weight is 896 g/mol. The predicted octanol–water partition coefficient (Wildman–Crippen LogP) is 13.3. The summed E-state index contributed by atoms with van der Waals surface area (Å²) in [5.74, 6) is 1.32. The lowest BCUT2D eigenvalue weighted by Gasteiger charge is -2.10. The summed E-state index contributed by atoms with van der Waals surface area (Å²) in [6.45, 7) is 0. The number of aromatic amines is 2. The summed E-state index contributed by atoms with van der Waals surface area (Å²) in [5, 5.41) is 10.8. The summed E-state index contributed by atoms with van der Waals surface area (Å²) >= 11 is 25.2. The van der Waals surface area contributed by atoms with Crippen LogP contribution in [0.5, 0.6) is 5.75 Å². The van der Waals surface area contributed by atoms with Gasteiger partial charge in [-0.15, -0.1) is 0 Å². The molecule has 62 heavy (non-hydrogen) atoms. The van der Waals surface area contributed by atoms with Crippen molar-refractivity contribution in [2.24, 2.45) is 0 Å². The molecule has 0 aliphatic rings. The number of anilines is 2. The molecule has 2 amide bonds. The minimum Gasteiger partial charge on any atom is -0.496 e.